The van der Waals surface area contributed by atoms with E-state index in [2.05, 4.69) is 0 Å². The number of ether oxygens (including phenoxy) is 1. The van der Waals surface area contributed by atoms with Gasteiger partial charge < -0.3 is 9.84 Å². The molecule has 0 aliphatic carbocycles. The zero-order valence-electron chi connectivity index (χ0n) is 13.2. The Labute approximate surface area is 146 Å². The molecule has 0 radical (unpaired) electrons. The van der Waals surface area contributed by atoms with Gasteiger partial charge in [-0.2, -0.15) is 0 Å². The largest absolute Gasteiger partial charge is 0.459 e. The maximum atomic E-state index is 12.8. The van der Waals surface area contributed by atoms with E-state index in [1.807, 2.05) is 13.8 Å². The van der Waals surface area contributed by atoms with Gasteiger partial charge in [0, 0.05) is 10.6 Å². The maximum Gasteiger partial charge on any atom is 0.235 e. The number of aliphatic hydroxyl groups is 1. The highest BCUT2D eigenvalue weighted by Crippen LogP contribution is 2.35. The number of fused-ring (bicyclic) bond motifs is 1. The molecule has 4 nitrogen and oxygen atoms in total. The molecule has 1 N–H and O–H groups in total. The summed E-state index contributed by atoms with van der Waals surface area (Å²) in [5.41, 5.74) is 1.56. The quantitative estimate of drug-likeness (QED) is 0.894. The van der Waals surface area contributed by atoms with Gasteiger partial charge in [-0.25, -0.2) is 8.42 Å². The first kappa shape index (κ1) is 17.0. The third-order valence-corrected chi connectivity index (χ3v) is 5.99. The molecule has 2 aromatic rings. The van der Waals surface area contributed by atoms with Gasteiger partial charge in [0.1, 0.15) is 10.7 Å². The number of hydrogen-bond acceptors (Lipinski definition) is 4. The van der Waals surface area contributed by atoms with Crippen molar-refractivity contribution in [2.24, 2.45) is 0 Å². The van der Waals surface area contributed by atoms with Gasteiger partial charge in [0.25, 0.3) is 0 Å². The van der Waals surface area contributed by atoms with Crippen LogP contribution in [-0.2, 0) is 9.84 Å². The Hall–Kier alpha value is -1.82. The lowest BCUT2D eigenvalue weighted by Gasteiger charge is -2.23. The lowest BCUT2D eigenvalue weighted by atomic mass is 10.0. The van der Waals surface area contributed by atoms with Crippen LogP contribution in [0, 0.1) is 0 Å². The minimum Gasteiger partial charge on any atom is -0.459 e. The number of aliphatic hydroxyl groups excluding tert-OH is 1. The lowest BCUT2D eigenvalue weighted by Crippen LogP contribution is -2.27. The van der Waals surface area contributed by atoms with E-state index in [4.69, 9.17) is 16.3 Å². The summed E-state index contributed by atoms with van der Waals surface area (Å²) < 4.78 is 31.0. The van der Waals surface area contributed by atoms with Crippen LogP contribution < -0.4 is 4.74 Å². The number of rotatable bonds is 3. The Morgan fingerprint density at radius 3 is 2.42 bits per heavy atom. The van der Waals surface area contributed by atoms with E-state index in [0.717, 1.165) is 5.56 Å². The van der Waals surface area contributed by atoms with E-state index < -0.39 is 16.1 Å². The van der Waals surface area contributed by atoms with Crippen molar-refractivity contribution in [3.8, 4) is 5.75 Å². The predicted octanol–water partition coefficient (Wildman–Crippen LogP) is 3.99. The van der Waals surface area contributed by atoms with Crippen molar-refractivity contribution in [2.45, 2.75) is 31.0 Å². The molecule has 0 amide bonds. The second kappa shape index (κ2) is 6.24. The van der Waals surface area contributed by atoms with E-state index in [1.165, 1.54) is 6.08 Å². The van der Waals surface area contributed by atoms with Gasteiger partial charge in [0.05, 0.1) is 4.90 Å². The summed E-state index contributed by atoms with van der Waals surface area (Å²) in [7, 11) is -3.87. The Morgan fingerprint density at radius 1 is 1.12 bits per heavy atom. The second-order valence-corrected chi connectivity index (χ2v) is 8.31. The average molecular weight is 365 g/mol. The molecule has 2 aromatic carbocycles. The molecule has 1 aliphatic heterocycles. The third-order valence-electron chi connectivity index (χ3n) is 3.92. The molecule has 24 heavy (non-hydrogen) atoms. The number of halogens is 1. The molecular weight excluding hydrogens is 348 g/mol. The van der Waals surface area contributed by atoms with E-state index in [9.17, 15) is 13.5 Å². The van der Waals surface area contributed by atoms with Crippen molar-refractivity contribution in [3.05, 3.63) is 63.5 Å². The fourth-order valence-corrected chi connectivity index (χ4v) is 4.06. The minimum absolute atomic E-state index is 0.117. The van der Waals surface area contributed by atoms with Crippen LogP contribution >= 0.6 is 11.6 Å². The van der Waals surface area contributed by atoms with Crippen LogP contribution in [0.1, 0.15) is 30.9 Å². The second-order valence-electron chi connectivity index (χ2n) is 5.93. The third kappa shape index (κ3) is 3.07. The summed E-state index contributed by atoms with van der Waals surface area (Å²) >= 11 is 5.94. The summed E-state index contributed by atoms with van der Waals surface area (Å²) in [5.74, 6) is 0.694. The molecule has 0 bridgehead atoms. The number of sulfone groups is 1. The molecular formula is C18H17ClO4S. The summed E-state index contributed by atoms with van der Waals surface area (Å²) in [5, 5.41) is 10.6. The molecule has 0 fully saturated rings. The van der Waals surface area contributed by atoms with Crippen LogP contribution in [0.2, 0.25) is 5.02 Å². The first-order valence-corrected chi connectivity index (χ1v) is 9.36. The monoisotopic (exact) mass is 364 g/mol. The zero-order valence-corrected chi connectivity index (χ0v) is 14.8. The molecule has 1 unspecified atom stereocenters. The van der Waals surface area contributed by atoms with Crippen LogP contribution in [0.5, 0.6) is 5.75 Å². The summed E-state index contributed by atoms with van der Waals surface area (Å²) in [6, 6.07) is 11.5. The molecule has 1 heterocycles. The highest BCUT2D eigenvalue weighted by molar-refractivity contribution is 7.95. The predicted molar refractivity (Wildman–Crippen MR) is 93.8 cm³/mol. The Morgan fingerprint density at radius 2 is 1.79 bits per heavy atom. The van der Waals surface area contributed by atoms with Crippen molar-refractivity contribution >= 4 is 27.5 Å². The van der Waals surface area contributed by atoms with Crippen LogP contribution in [0.25, 0.3) is 6.08 Å². The standard InChI is InChI=1S/C18H17ClO4S/c1-11(2)12-3-6-15(7-4-12)24(21,22)17-10-13-9-14(19)5-8-16(13)23-18(17)20/h3-11,18,20H,1-2H3. The van der Waals surface area contributed by atoms with Crippen LogP contribution in [-0.4, -0.2) is 19.8 Å². The first-order valence-electron chi connectivity index (χ1n) is 7.50. The number of benzene rings is 2. The fraction of sp³-hybridized carbons (Fsp3) is 0.222. The summed E-state index contributed by atoms with van der Waals surface area (Å²) in [6.07, 6.45) is -0.144. The van der Waals surface area contributed by atoms with Gasteiger partial charge in [-0.1, -0.05) is 37.6 Å². The first-order chi connectivity index (χ1) is 11.3. The van der Waals surface area contributed by atoms with Crippen molar-refractivity contribution in [3.63, 3.8) is 0 Å². The van der Waals surface area contributed by atoms with Gasteiger partial charge in [-0.3, -0.25) is 0 Å². The minimum atomic E-state index is -3.87. The Bertz CT molecular complexity index is 899. The smallest absolute Gasteiger partial charge is 0.235 e. The molecule has 6 heteroatoms. The average Bonchev–Trinajstić information content (AvgIpc) is 2.54. The van der Waals surface area contributed by atoms with Crippen molar-refractivity contribution in [2.75, 3.05) is 0 Å². The van der Waals surface area contributed by atoms with Crippen molar-refractivity contribution < 1.29 is 18.3 Å². The fourth-order valence-electron chi connectivity index (χ4n) is 2.52. The highest BCUT2D eigenvalue weighted by atomic mass is 35.5. The van der Waals surface area contributed by atoms with Crippen molar-refractivity contribution in [1.29, 1.82) is 0 Å². The molecule has 0 saturated carbocycles. The molecule has 0 aromatic heterocycles. The molecule has 1 aliphatic rings. The normalized spacial score (nSPS) is 17.2. The van der Waals surface area contributed by atoms with Gasteiger partial charge in [-0.15, -0.1) is 0 Å². The molecule has 1 atom stereocenters. The Kier molecular flexibility index (Phi) is 4.42. The topological polar surface area (TPSA) is 63.6 Å². The molecule has 126 valence electrons. The van der Waals surface area contributed by atoms with E-state index in [-0.39, 0.29) is 9.80 Å². The molecule has 0 spiro atoms. The highest BCUT2D eigenvalue weighted by Gasteiger charge is 2.32. The molecule has 3 rings (SSSR count). The van der Waals surface area contributed by atoms with E-state index in [0.29, 0.717) is 22.3 Å². The summed E-state index contributed by atoms with van der Waals surface area (Å²) in [4.78, 5) is -0.0826. The van der Waals surface area contributed by atoms with Crippen LogP contribution in [0.15, 0.2) is 52.3 Å². The maximum absolute atomic E-state index is 12.8. The van der Waals surface area contributed by atoms with Crippen molar-refractivity contribution in [1.82, 2.24) is 0 Å². The van der Waals surface area contributed by atoms with Crippen LogP contribution in [0.3, 0.4) is 0 Å². The van der Waals surface area contributed by atoms with Gasteiger partial charge in [0.15, 0.2) is 0 Å². The lowest BCUT2D eigenvalue weighted by molar-refractivity contribution is 0.0190. The van der Waals surface area contributed by atoms with E-state index in [1.54, 1.807) is 42.5 Å². The van der Waals surface area contributed by atoms with E-state index >= 15 is 0 Å². The Balaban J connectivity index is 2.05. The van der Waals surface area contributed by atoms with Crippen LogP contribution in [0.4, 0.5) is 0 Å². The zero-order chi connectivity index (χ0) is 17.5. The summed E-state index contributed by atoms with van der Waals surface area (Å²) in [6.45, 7) is 4.07. The molecule has 0 saturated heterocycles. The van der Waals surface area contributed by atoms with Gasteiger partial charge >= 0.3 is 0 Å². The SMILES string of the molecule is CC(C)c1ccc(S(=O)(=O)C2=Cc3cc(Cl)ccc3OC2O)cc1. The van der Waals surface area contributed by atoms with Gasteiger partial charge in [-0.05, 0) is 47.9 Å². The van der Waals surface area contributed by atoms with Gasteiger partial charge in [0.2, 0.25) is 16.1 Å². The number of hydrogen-bond donors (Lipinski definition) is 1.